The van der Waals surface area contributed by atoms with Crippen LogP contribution in [0.2, 0.25) is 0 Å². The zero-order valence-corrected chi connectivity index (χ0v) is 7.41. The largest absolute Gasteiger partial charge is 0.411 e. The highest BCUT2D eigenvalue weighted by atomic mass is 16.4. The molecule has 0 radical (unpaired) electrons. The summed E-state index contributed by atoms with van der Waals surface area (Å²) in [6.45, 7) is 0. The first-order valence-electron chi connectivity index (χ1n) is 4.16. The van der Waals surface area contributed by atoms with Gasteiger partial charge in [0.25, 0.3) is 0 Å². The van der Waals surface area contributed by atoms with Gasteiger partial charge in [0.15, 0.2) is 0 Å². The molecule has 0 unspecified atom stereocenters. The normalized spacial score (nSPS) is 10.9. The fourth-order valence-electron chi connectivity index (χ4n) is 1.21. The molecule has 1 aromatic carbocycles. The molecule has 14 heavy (non-hydrogen) atoms. The molecule has 0 bridgehead atoms. The Balaban J connectivity index is 2.31. The minimum atomic E-state index is 0.858. The molecule has 0 atom stereocenters. The summed E-state index contributed by atoms with van der Waals surface area (Å²) in [6.07, 6.45) is 6.71. The quantitative estimate of drug-likeness (QED) is 0.441. The van der Waals surface area contributed by atoms with Gasteiger partial charge in [-0.2, -0.15) is 0 Å². The summed E-state index contributed by atoms with van der Waals surface area (Å²) in [5.41, 5.74) is 1.88. The van der Waals surface area contributed by atoms with E-state index in [0.717, 1.165) is 11.3 Å². The van der Waals surface area contributed by atoms with Crippen molar-refractivity contribution < 1.29 is 5.21 Å². The van der Waals surface area contributed by atoms with Gasteiger partial charge < -0.3 is 9.77 Å². The van der Waals surface area contributed by atoms with Crippen LogP contribution in [0.4, 0.5) is 0 Å². The average Bonchev–Trinajstić information content (AvgIpc) is 2.72. The van der Waals surface area contributed by atoms with Crippen LogP contribution in [-0.2, 0) is 0 Å². The van der Waals surface area contributed by atoms with Gasteiger partial charge in [-0.15, -0.1) is 0 Å². The van der Waals surface area contributed by atoms with Crippen LogP contribution in [-0.4, -0.2) is 21.0 Å². The summed E-state index contributed by atoms with van der Waals surface area (Å²) in [5, 5.41) is 11.3. The fraction of sp³-hybridized carbons (Fsp3) is 0. The van der Waals surface area contributed by atoms with Crippen molar-refractivity contribution in [3.05, 3.63) is 48.5 Å². The van der Waals surface area contributed by atoms with Gasteiger partial charge in [-0.05, 0) is 17.7 Å². The summed E-state index contributed by atoms with van der Waals surface area (Å²) >= 11 is 0. The SMILES string of the molecule is O/N=C/c1ccc(-n2ccnc2)cc1. The molecular weight excluding hydrogens is 178 g/mol. The van der Waals surface area contributed by atoms with E-state index in [-0.39, 0.29) is 0 Å². The second kappa shape index (κ2) is 3.74. The maximum Gasteiger partial charge on any atom is 0.0991 e. The van der Waals surface area contributed by atoms with Gasteiger partial charge in [0.1, 0.15) is 0 Å². The lowest BCUT2D eigenvalue weighted by Gasteiger charge is -2.00. The molecule has 2 rings (SSSR count). The van der Waals surface area contributed by atoms with E-state index >= 15 is 0 Å². The van der Waals surface area contributed by atoms with Gasteiger partial charge >= 0.3 is 0 Å². The summed E-state index contributed by atoms with van der Waals surface area (Å²) in [7, 11) is 0. The van der Waals surface area contributed by atoms with Crippen molar-refractivity contribution in [1.82, 2.24) is 9.55 Å². The van der Waals surface area contributed by atoms with Gasteiger partial charge in [-0.1, -0.05) is 17.3 Å². The summed E-state index contributed by atoms with van der Waals surface area (Å²) < 4.78 is 1.90. The van der Waals surface area contributed by atoms with E-state index in [1.807, 2.05) is 35.0 Å². The van der Waals surface area contributed by atoms with Gasteiger partial charge in [0.2, 0.25) is 0 Å². The molecular formula is C10H9N3O. The first-order chi connectivity index (χ1) is 6.90. The molecule has 1 N–H and O–H groups in total. The lowest BCUT2D eigenvalue weighted by Crippen LogP contribution is -1.90. The second-order valence-corrected chi connectivity index (χ2v) is 2.81. The number of imidazole rings is 1. The van der Waals surface area contributed by atoms with Crippen LogP contribution in [0, 0.1) is 0 Å². The molecule has 0 fully saturated rings. The van der Waals surface area contributed by atoms with E-state index in [1.54, 1.807) is 12.5 Å². The van der Waals surface area contributed by atoms with Crippen molar-refractivity contribution in [2.24, 2.45) is 5.16 Å². The Hall–Kier alpha value is -2.10. The maximum absolute atomic E-state index is 8.33. The molecule has 70 valence electrons. The molecule has 0 aliphatic carbocycles. The third-order valence-corrected chi connectivity index (χ3v) is 1.90. The number of hydrogen-bond acceptors (Lipinski definition) is 3. The Bertz CT molecular complexity index is 417. The molecule has 0 saturated heterocycles. The third kappa shape index (κ3) is 1.64. The number of oxime groups is 1. The maximum atomic E-state index is 8.33. The Kier molecular flexibility index (Phi) is 2.27. The number of nitrogens with zero attached hydrogens (tertiary/aromatic N) is 3. The molecule has 0 spiro atoms. The van der Waals surface area contributed by atoms with E-state index in [0.29, 0.717) is 0 Å². The van der Waals surface area contributed by atoms with Crippen LogP contribution < -0.4 is 0 Å². The van der Waals surface area contributed by atoms with Crippen molar-refractivity contribution in [2.45, 2.75) is 0 Å². The van der Waals surface area contributed by atoms with Crippen molar-refractivity contribution in [3.63, 3.8) is 0 Å². The summed E-state index contributed by atoms with van der Waals surface area (Å²) in [4.78, 5) is 3.95. The van der Waals surface area contributed by atoms with Gasteiger partial charge in [0, 0.05) is 18.1 Å². The molecule has 0 amide bonds. The van der Waals surface area contributed by atoms with Crippen LogP contribution >= 0.6 is 0 Å². The molecule has 4 heteroatoms. The Morgan fingerprint density at radius 1 is 1.29 bits per heavy atom. The zero-order chi connectivity index (χ0) is 9.80. The Labute approximate surface area is 81.1 Å². The van der Waals surface area contributed by atoms with Gasteiger partial charge in [-0.25, -0.2) is 4.98 Å². The molecule has 4 nitrogen and oxygen atoms in total. The third-order valence-electron chi connectivity index (χ3n) is 1.90. The zero-order valence-electron chi connectivity index (χ0n) is 7.41. The number of hydrogen-bond donors (Lipinski definition) is 1. The molecule has 2 aromatic rings. The average molecular weight is 187 g/mol. The lowest BCUT2D eigenvalue weighted by atomic mass is 10.2. The smallest absolute Gasteiger partial charge is 0.0991 e. The Morgan fingerprint density at radius 2 is 2.07 bits per heavy atom. The number of rotatable bonds is 2. The molecule has 0 saturated carbocycles. The highest BCUT2D eigenvalue weighted by Gasteiger charge is 1.94. The van der Waals surface area contributed by atoms with Crippen molar-refractivity contribution in [3.8, 4) is 5.69 Å². The van der Waals surface area contributed by atoms with E-state index in [4.69, 9.17) is 5.21 Å². The second-order valence-electron chi connectivity index (χ2n) is 2.81. The molecule has 0 aliphatic heterocycles. The van der Waals surface area contributed by atoms with Crippen molar-refractivity contribution >= 4 is 6.21 Å². The monoisotopic (exact) mass is 187 g/mol. The lowest BCUT2D eigenvalue weighted by molar-refractivity contribution is 0.322. The highest BCUT2D eigenvalue weighted by molar-refractivity contribution is 5.79. The predicted molar refractivity (Wildman–Crippen MR) is 52.9 cm³/mol. The molecule has 0 aliphatic rings. The summed E-state index contributed by atoms with van der Waals surface area (Å²) in [5.74, 6) is 0. The highest BCUT2D eigenvalue weighted by Crippen LogP contribution is 2.07. The first kappa shape index (κ1) is 8.50. The summed E-state index contributed by atoms with van der Waals surface area (Å²) in [6, 6.07) is 7.60. The minimum absolute atomic E-state index is 0.858. The van der Waals surface area contributed by atoms with Crippen LogP contribution in [0.3, 0.4) is 0 Å². The van der Waals surface area contributed by atoms with E-state index in [1.165, 1.54) is 6.21 Å². The van der Waals surface area contributed by atoms with E-state index < -0.39 is 0 Å². The van der Waals surface area contributed by atoms with Crippen molar-refractivity contribution in [1.29, 1.82) is 0 Å². The van der Waals surface area contributed by atoms with Gasteiger partial charge in [-0.3, -0.25) is 0 Å². The van der Waals surface area contributed by atoms with Crippen LogP contribution in [0.25, 0.3) is 5.69 Å². The van der Waals surface area contributed by atoms with Gasteiger partial charge in [0.05, 0.1) is 12.5 Å². The predicted octanol–water partition coefficient (Wildman–Crippen LogP) is 1.68. The topological polar surface area (TPSA) is 50.4 Å². The van der Waals surface area contributed by atoms with Crippen molar-refractivity contribution in [2.75, 3.05) is 0 Å². The first-order valence-corrected chi connectivity index (χ1v) is 4.16. The minimum Gasteiger partial charge on any atom is -0.411 e. The standard InChI is InChI=1S/C10H9N3O/c14-12-7-9-1-3-10(4-2-9)13-6-5-11-8-13/h1-8,14H/b12-7+. The van der Waals surface area contributed by atoms with E-state index in [2.05, 4.69) is 10.1 Å². The Morgan fingerprint density at radius 3 is 2.64 bits per heavy atom. The molecule has 1 aromatic heterocycles. The van der Waals surface area contributed by atoms with Crippen LogP contribution in [0.15, 0.2) is 48.1 Å². The fourth-order valence-corrected chi connectivity index (χ4v) is 1.21. The number of aromatic nitrogens is 2. The van der Waals surface area contributed by atoms with E-state index in [9.17, 15) is 0 Å². The number of benzene rings is 1. The molecule has 1 heterocycles. The van der Waals surface area contributed by atoms with Crippen LogP contribution in [0.1, 0.15) is 5.56 Å². The van der Waals surface area contributed by atoms with Crippen LogP contribution in [0.5, 0.6) is 0 Å².